The molecule has 1 aromatic carbocycles. The zero-order valence-electron chi connectivity index (χ0n) is 13.3. The number of nitrogens with zero attached hydrogens (tertiary/aromatic N) is 1. The first-order chi connectivity index (χ1) is 11.6. The van der Waals surface area contributed by atoms with E-state index in [9.17, 15) is 9.59 Å². The van der Waals surface area contributed by atoms with Crippen molar-refractivity contribution in [3.63, 3.8) is 0 Å². The van der Waals surface area contributed by atoms with Gasteiger partial charge in [0.25, 0.3) is 5.91 Å². The number of pyridine rings is 1. The fraction of sp³-hybridized carbons (Fsp3) is 0.235. The maximum atomic E-state index is 12.4. The summed E-state index contributed by atoms with van der Waals surface area (Å²) in [4.78, 5) is 28.3. The van der Waals surface area contributed by atoms with E-state index >= 15 is 0 Å². The van der Waals surface area contributed by atoms with Crippen molar-refractivity contribution in [1.29, 1.82) is 0 Å². The second-order valence-corrected chi connectivity index (χ2v) is 5.98. The van der Waals surface area contributed by atoms with Crippen LogP contribution in [-0.4, -0.2) is 29.9 Å². The van der Waals surface area contributed by atoms with Crippen molar-refractivity contribution >= 4 is 39.2 Å². The summed E-state index contributed by atoms with van der Waals surface area (Å²) in [6.45, 7) is 2.67. The number of benzene rings is 1. The van der Waals surface area contributed by atoms with Crippen LogP contribution >= 0.6 is 15.9 Å². The van der Waals surface area contributed by atoms with Gasteiger partial charge in [0.05, 0.1) is 12.1 Å². The van der Waals surface area contributed by atoms with Crippen molar-refractivity contribution in [2.45, 2.75) is 13.3 Å². The van der Waals surface area contributed by atoms with Gasteiger partial charge in [0, 0.05) is 22.9 Å². The molecule has 0 unspecified atom stereocenters. The van der Waals surface area contributed by atoms with E-state index in [-0.39, 0.29) is 18.4 Å². The van der Waals surface area contributed by atoms with Crippen LogP contribution in [0.3, 0.4) is 0 Å². The molecule has 1 heterocycles. The van der Waals surface area contributed by atoms with E-state index < -0.39 is 0 Å². The van der Waals surface area contributed by atoms with Crippen LogP contribution in [0.5, 0.6) is 0 Å². The Kier molecular flexibility index (Phi) is 6.74. The van der Waals surface area contributed by atoms with E-state index in [4.69, 9.17) is 0 Å². The van der Waals surface area contributed by atoms with Gasteiger partial charge < -0.3 is 16.0 Å². The summed E-state index contributed by atoms with van der Waals surface area (Å²) in [5.74, 6) is -0.0533. The predicted octanol–water partition coefficient (Wildman–Crippen LogP) is 3.03. The van der Waals surface area contributed by atoms with Gasteiger partial charge in [0.1, 0.15) is 5.82 Å². The third-order valence-corrected chi connectivity index (χ3v) is 3.67. The second kappa shape index (κ2) is 9.02. The zero-order valence-corrected chi connectivity index (χ0v) is 14.9. The van der Waals surface area contributed by atoms with Gasteiger partial charge in [0.2, 0.25) is 5.91 Å². The highest BCUT2D eigenvalue weighted by atomic mass is 79.9. The molecule has 0 aliphatic heterocycles. The van der Waals surface area contributed by atoms with Gasteiger partial charge >= 0.3 is 0 Å². The van der Waals surface area contributed by atoms with Gasteiger partial charge in [-0.3, -0.25) is 9.59 Å². The topological polar surface area (TPSA) is 83.1 Å². The molecule has 0 fully saturated rings. The Hall–Kier alpha value is -2.41. The van der Waals surface area contributed by atoms with Crippen molar-refractivity contribution in [3.8, 4) is 0 Å². The molecule has 2 aromatic rings. The van der Waals surface area contributed by atoms with Gasteiger partial charge in [-0.15, -0.1) is 0 Å². The monoisotopic (exact) mass is 390 g/mol. The van der Waals surface area contributed by atoms with Crippen LogP contribution in [0.25, 0.3) is 0 Å². The summed E-state index contributed by atoms with van der Waals surface area (Å²) in [6, 6.07) is 10.6. The highest BCUT2D eigenvalue weighted by molar-refractivity contribution is 9.10. The molecular formula is C17H19BrN4O2. The quantitative estimate of drug-likeness (QED) is 0.678. The summed E-state index contributed by atoms with van der Waals surface area (Å²) in [6.07, 6.45) is 2.44. The summed E-state index contributed by atoms with van der Waals surface area (Å²) in [5.41, 5.74) is 1.06. The summed E-state index contributed by atoms with van der Waals surface area (Å²) >= 11 is 3.35. The molecule has 1 aromatic heterocycles. The Morgan fingerprint density at radius 1 is 1.17 bits per heavy atom. The van der Waals surface area contributed by atoms with Crippen molar-refractivity contribution in [3.05, 3.63) is 52.6 Å². The minimum Gasteiger partial charge on any atom is -0.360 e. The number of hydrogen-bond acceptors (Lipinski definition) is 4. The van der Waals surface area contributed by atoms with E-state index in [2.05, 4.69) is 36.9 Å². The molecule has 126 valence electrons. The Morgan fingerprint density at radius 3 is 2.62 bits per heavy atom. The Balaban J connectivity index is 2.03. The molecule has 3 N–H and O–H groups in total. The van der Waals surface area contributed by atoms with Crippen LogP contribution in [-0.2, 0) is 4.79 Å². The first-order valence-corrected chi connectivity index (χ1v) is 8.42. The molecule has 0 saturated carbocycles. The molecule has 0 spiro atoms. The Bertz CT molecular complexity index is 704. The number of amides is 2. The second-order valence-electron chi connectivity index (χ2n) is 5.06. The minimum absolute atomic E-state index is 0.0651. The fourth-order valence-corrected chi connectivity index (χ4v) is 2.22. The molecule has 2 amide bonds. The third-order valence-electron chi connectivity index (χ3n) is 3.14. The van der Waals surface area contributed by atoms with Crippen LogP contribution in [0.15, 0.2) is 47.1 Å². The number of carbonyl (C=O) groups is 2. The number of anilines is 2. The van der Waals surface area contributed by atoms with E-state index in [1.165, 1.54) is 0 Å². The molecule has 0 aliphatic carbocycles. The van der Waals surface area contributed by atoms with Crippen LogP contribution in [0.4, 0.5) is 11.5 Å². The smallest absolute Gasteiger partial charge is 0.259 e. The van der Waals surface area contributed by atoms with Gasteiger partial charge in [-0.2, -0.15) is 0 Å². The number of nitrogens with one attached hydrogen (secondary N) is 3. The van der Waals surface area contributed by atoms with Crippen LogP contribution in [0.2, 0.25) is 0 Å². The number of aromatic nitrogens is 1. The fourth-order valence-electron chi connectivity index (χ4n) is 1.95. The maximum absolute atomic E-state index is 12.4. The first-order valence-electron chi connectivity index (χ1n) is 7.62. The highest BCUT2D eigenvalue weighted by Gasteiger charge is 2.13. The molecule has 0 saturated heterocycles. The lowest BCUT2D eigenvalue weighted by Gasteiger charge is -2.11. The minimum atomic E-state index is -0.290. The van der Waals surface area contributed by atoms with Crippen molar-refractivity contribution < 1.29 is 9.59 Å². The lowest BCUT2D eigenvalue weighted by atomic mass is 10.2. The Labute approximate surface area is 149 Å². The largest absolute Gasteiger partial charge is 0.360 e. The molecule has 24 heavy (non-hydrogen) atoms. The number of carbonyl (C=O) groups excluding carboxylic acids is 2. The molecular weight excluding hydrogens is 372 g/mol. The average molecular weight is 391 g/mol. The van der Waals surface area contributed by atoms with Gasteiger partial charge in [-0.25, -0.2) is 4.98 Å². The summed E-state index contributed by atoms with van der Waals surface area (Å²) in [5, 5.41) is 8.48. The van der Waals surface area contributed by atoms with Crippen LogP contribution in [0.1, 0.15) is 23.7 Å². The maximum Gasteiger partial charge on any atom is 0.259 e. The van der Waals surface area contributed by atoms with Gasteiger partial charge in [0.15, 0.2) is 0 Å². The summed E-state index contributed by atoms with van der Waals surface area (Å²) < 4.78 is 0.933. The SMILES string of the molecule is CCCNC(=O)CNc1ncccc1C(=O)Nc1ccc(Br)cc1. The number of hydrogen-bond donors (Lipinski definition) is 3. The van der Waals surface area contributed by atoms with Crippen LogP contribution in [0, 0.1) is 0 Å². The van der Waals surface area contributed by atoms with Gasteiger partial charge in [-0.1, -0.05) is 22.9 Å². The van der Waals surface area contributed by atoms with E-state index in [1.54, 1.807) is 30.5 Å². The zero-order chi connectivity index (χ0) is 17.4. The van der Waals surface area contributed by atoms with E-state index in [1.807, 2.05) is 19.1 Å². The molecule has 0 radical (unpaired) electrons. The average Bonchev–Trinajstić information content (AvgIpc) is 2.60. The molecule has 0 atom stereocenters. The standard InChI is InChI=1S/C17H19BrN4O2/c1-2-9-19-15(23)11-21-16-14(4-3-10-20-16)17(24)22-13-7-5-12(18)6-8-13/h3-8,10H,2,9,11H2,1H3,(H,19,23)(H,20,21)(H,22,24). The molecule has 2 rings (SSSR count). The van der Waals surface area contributed by atoms with E-state index in [0.29, 0.717) is 23.6 Å². The summed E-state index contributed by atoms with van der Waals surface area (Å²) in [7, 11) is 0. The Morgan fingerprint density at radius 2 is 1.92 bits per heavy atom. The molecule has 7 heteroatoms. The van der Waals surface area contributed by atoms with Crippen LogP contribution < -0.4 is 16.0 Å². The van der Waals surface area contributed by atoms with Crippen molar-refractivity contribution in [2.24, 2.45) is 0 Å². The van der Waals surface area contributed by atoms with Gasteiger partial charge in [-0.05, 0) is 42.8 Å². The predicted molar refractivity (Wildman–Crippen MR) is 98.1 cm³/mol. The molecule has 0 bridgehead atoms. The van der Waals surface area contributed by atoms with E-state index in [0.717, 1.165) is 10.9 Å². The number of halogens is 1. The molecule has 0 aliphatic rings. The van der Waals surface area contributed by atoms with Crippen molar-refractivity contribution in [2.75, 3.05) is 23.7 Å². The van der Waals surface area contributed by atoms with Crippen molar-refractivity contribution in [1.82, 2.24) is 10.3 Å². The highest BCUT2D eigenvalue weighted by Crippen LogP contribution is 2.17. The molecule has 6 nitrogen and oxygen atoms in total. The third kappa shape index (κ3) is 5.34. The lowest BCUT2D eigenvalue weighted by molar-refractivity contribution is -0.119. The normalized spacial score (nSPS) is 10.1. The number of rotatable bonds is 7. The first kappa shape index (κ1) is 17.9. The lowest BCUT2D eigenvalue weighted by Crippen LogP contribution is -2.31.